The second-order valence-corrected chi connectivity index (χ2v) is 6.92. The minimum atomic E-state index is -3.74. The van der Waals surface area contributed by atoms with Gasteiger partial charge in [0.1, 0.15) is 0 Å². The zero-order valence-electron chi connectivity index (χ0n) is 11.2. The third-order valence-corrected chi connectivity index (χ3v) is 4.66. The van der Waals surface area contributed by atoms with Gasteiger partial charge >= 0.3 is 0 Å². The number of sulfonamides is 1. The molecule has 2 rings (SSSR count). The van der Waals surface area contributed by atoms with E-state index < -0.39 is 22.5 Å². The van der Waals surface area contributed by atoms with Crippen molar-refractivity contribution >= 4 is 44.8 Å². The number of benzene rings is 2. The molecule has 5 nitrogen and oxygen atoms in total. The highest BCUT2D eigenvalue weighted by Crippen LogP contribution is 2.25. The van der Waals surface area contributed by atoms with Gasteiger partial charge in [0.25, 0.3) is 0 Å². The van der Waals surface area contributed by atoms with Crippen molar-refractivity contribution in [2.24, 2.45) is 0 Å². The highest BCUT2D eigenvalue weighted by atomic mass is 35.5. The summed E-state index contributed by atoms with van der Waals surface area (Å²) in [5, 5.41) is 3.21. The van der Waals surface area contributed by atoms with Gasteiger partial charge in [-0.05, 0) is 30.3 Å². The molecule has 0 atom stereocenters. The highest BCUT2D eigenvalue weighted by molar-refractivity contribution is 7.89. The Morgan fingerprint density at radius 3 is 2.41 bits per heavy atom. The number of anilines is 1. The van der Waals surface area contributed by atoms with Gasteiger partial charge < -0.3 is 5.32 Å². The lowest BCUT2D eigenvalue weighted by Crippen LogP contribution is -2.32. The minimum absolute atomic E-state index is 0.0867. The topological polar surface area (TPSA) is 75.3 Å². The van der Waals surface area contributed by atoms with E-state index in [1.54, 1.807) is 24.3 Å². The first-order valence-electron chi connectivity index (χ1n) is 6.18. The first-order chi connectivity index (χ1) is 10.4. The summed E-state index contributed by atoms with van der Waals surface area (Å²) in [5.74, 6) is -0.552. The molecule has 0 fully saturated rings. The highest BCUT2D eigenvalue weighted by Gasteiger charge is 2.15. The lowest BCUT2D eigenvalue weighted by Gasteiger charge is -2.09. The standard InChI is InChI=1S/C14H12Cl2N2O3S/c15-10-6-7-12(16)13(8-10)18-14(19)9-17-22(20,21)11-4-2-1-3-5-11/h1-8,17H,9H2,(H,18,19). The number of carbonyl (C=O) groups is 1. The third-order valence-electron chi connectivity index (χ3n) is 2.68. The number of rotatable bonds is 5. The monoisotopic (exact) mass is 358 g/mol. The maximum atomic E-state index is 12.0. The van der Waals surface area contributed by atoms with Crippen LogP contribution in [0.4, 0.5) is 5.69 Å². The molecular weight excluding hydrogens is 347 g/mol. The Morgan fingerprint density at radius 2 is 1.73 bits per heavy atom. The molecule has 0 aliphatic carbocycles. The summed E-state index contributed by atoms with van der Waals surface area (Å²) in [6.45, 7) is -0.417. The lowest BCUT2D eigenvalue weighted by atomic mass is 10.3. The number of amides is 1. The normalized spacial score (nSPS) is 11.2. The Bertz CT molecular complexity index is 780. The summed E-state index contributed by atoms with van der Waals surface area (Å²) in [7, 11) is -3.74. The Kier molecular flexibility index (Phi) is 5.42. The molecule has 0 saturated carbocycles. The fraction of sp³-hybridized carbons (Fsp3) is 0.0714. The van der Waals surface area contributed by atoms with Crippen LogP contribution in [0.1, 0.15) is 0 Å². The van der Waals surface area contributed by atoms with Crippen molar-refractivity contribution in [1.29, 1.82) is 0 Å². The molecule has 0 aliphatic rings. The second-order valence-electron chi connectivity index (χ2n) is 4.31. The zero-order chi connectivity index (χ0) is 16.2. The van der Waals surface area contributed by atoms with Crippen LogP contribution < -0.4 is 10.0 Å². The van der Waals surface area contributed by atoms with E-state index in [1.165, 1.54) is 24.3 Å². The van der Waals surface area contributed by atoms with Gasteiger partial charge in [0.2, 0.25) is 15.9 Å². The largest absolute Gasteiger partial charge is 0.324 e. The second kappa shape index (κ2) is 7.11. The van der Waals surface area contributed by atoms with Crippen LogP contribution in [0.3, 0.4) is 0 Å². The predicted octanol–water partition coefficient (Wildman–Crippen LogP) is 2.91. The van der Waals surface area contributed by atoms with Crippen molar-refractivity contribution < 1.29 is 13.2 Å². The molecule has 0 unspecified atom stereocenters. The van der Waals surface area contributed by atoms with E-state index >= 15 is 0 Å². The smallest absolute Gasteiger partial charge is 0.241 e. The molecule has 2 aromatic rings. The van der Waals surface area contributed by atoms with Gasteiger partial charge in [-0.3, -0.25) is 4.79 Å². The van der Waals surface area contributed by atoms with E-state index in [0.717, 1.165) is 0 Å². The number of hydrogen-bond acceptors (Lipinski definition) is 3. The van der Waals surface area contributed by atoms with Crippen LogP contribution in [0.15, 0.2) is 53.4 Å². The molecule has 0 radical (unpaired) electrons. The van der Waals surface area contributed by atoms with Crippen LogP contribution in [0, 0.1) is 0 Å². The van der Waals surface area contributed by atoms with Crippen LogP contribution in [0.5, 0.6) is 0 Å². The van der Waals surface area contributed by atoms with E-state index in [1.807, 2.05) is 0 Å². The van der Waals surface area contributed by atoms with Crippen LogP contribution in [-0.2, 0) is 14.8 Å². The fourth-order valence-corrected chi connectivity index (χ4v) is 2.97. The molecule has 0 heterocycles. The lowest BCUT2D eigenvalue weighted by molar-refractivity contribution is -0.115. The van der Waals surface area contributed by atoms with Gasteiger partial charge in [0.05, 0.1) is 22.2 Å². The summed E-state index contributed by atoms with van der Waals surface area (Å²) in [4.78, 5) is 11.9. The van der Waals surface area contributed by atoms with Crippen LogP contribution in [0.2, 0.25) is 10.0 Å². The number of nitrogens with one attached hydrogen (secondary N) is 2. The molecule has 8 heteroatoms. The van der Waals surface area contributed by atoms with Gasteiger partial charge in [0, 0.05) is 5.02 Å². The Hall–Kier alpha value is -1.60. The molecule has 0 aromatic heterocycles. The average Bonchev–Trinajstić information content (AvgIpc) is 2.50. The Balaban J connectivity index is 2.00. The van der Waals surface area contributed by atoms with Crippen molar-refractivity contribution in [2.45, 2.75) is 4.90 Å². The van der Waals surface area contributed by atoms with Crippen LogP contribution in [-0.4, -0.2) is 20.9 Å². The van der Waals surface area contributed by atoms with Gasteiger partial charge in [-0.2, -0.15) is 0 Å². The molecule has 1 amide bonds. The summed E-state index contributed by atoms with van der Waals surface area (Å²) in [5.41, 5.74) is 0.318. The van der Waals surface area contributed by atoms with Crippen molar-refractivity contribution in [3.05, 3.63) is 58.6 Å². The van der Waals surface area contributed by atoms with Crippen LogP contribution in [0.25, 0.3) is 0 Å². The zero-order valence-corrected chi connectivity index (χ0v) is 13.5. The molecule has 0 aliphatic heterocycles. The molecule has 0 bridgehead atoms. The number of halogens is 2. The Labute approximate surface area is 138 Å². The quantitative estimate of drug-likeness (QED) is 0.862. The SMILES string of the molecule is O=C(CNS(=O)(=O)c1ccccc1)Nc1cc(Cl)ccc1Cl. The van der Waals surface area contributed by atoms with Gasteiger partial charge in [-0.1, -0.05) is 41.4 Å². The van der Waals surface area contributed by atoms with Crippen LogP contribution >= 0.6 is 23.2 Å². The molecule has 22 heavy (non-hydrogen) atoms. The number of hydrogen-bond donors (Lipinski definition) is 2. The first-order valence-corrected chi connectivity index (χ1v) is 8.42. The fourth-order valence-electron chi connectivity index (χ4n) is 1.63. The molecule has 0 saturated heterocycles. The molecule has 2 N–H and O–H groups in total. The van der Waals surface area contributed by atoms with E-state index in [4.69, 9.17) is 23.2 Å². The van der Waals surface area contributed by atoms with Gasteiger partial charge in [-0.25, -0.2) is 13.1 Å². The maximum absolute atomic E-state index is 12.0. The van der Waals surface area contributed by atoms with E-state index in [2.05, 4.69) is 10.0 Å². The molecule has 2 aromatic carbocycles. The summed E-state index contributed by atoms with van der Waals surface area (Å²) in [6, 6.07) is 12.4. The maximum Gasteiger partial charge on any atom is 0.241 e. The molecule has 0 spiro atoms. The van der Waals surface area contributed by atoms with Gasteiger partial charge in [0.15, 0.2) is 0 Å². The third kappa shape index (κ3) is 4.45. The average molecular weight is 359 g/mol. The van der Waals surface area contributed by atoms with Crippen molar-refractivity contribution in [1.82, 2.24) is 4.72 Å². The summed E-state index contributed by atoms with van der Waals surface area (Å²) < 4.78 is 26.2. The van der Waals surface area contributed by atoms with E-state index in [9.17, 15) is 13.2 Å². The van der Waals surface area contributed by atoms with Gasteiger partial charge in [-0.15, -0.1) is 0 Å². The predicted molar refractivity (Wildman–Crippen MR) is 86.7 cm³/mol. The molecular formula is C14H12Cl2N2O3S. The summed E-state index contributed by atoms with van der Waals surface area (Å²) in [6.07, 6.45) is 0. The Morgan fingerprint density at radius 1 is 1.05 bits per heavy atom. The summed E-state index contributed by atoms with van der Waals surface area (Å²) >= 11 is 11.7. The first kappa shape index (κ1) is 16.8. The molecule has 116 valence electrons. The van der Waals surface area contributed by atoms with Crippen molar-refractivity contribution in [3.63, 3.8) is 0 Å². The number of carbonyl (C=O) groups excluding carboxylic acids is 1. The van der Waals surface area contributed by atoms with Crippen molar-refractivity contribution in [2.75, 3.05) is 11.9 Å². The van der Waals surface area contributed by atoms with E-state index in [0.29, 0.717) is 15.7 Å². The van der Waals surface area contributed by atoms with Crippen molar-refractivity contribution in [3.8, 4) is 0 Å². The minimum Gasteiger partial charge on any atom is -0.324 e. The van der Waals surface area contributed by atoms with E-state index in [-0.39, 0.29) is 4.90 Å².